The minimum Gasteiger partial charge on any atom is -0.466 e. The summed E-state index contributed by atoms with van der Waals surface area (Å²) in [4.78, 5) is 21.7. The minimum atomic E-state index is -4.83. The van der Waals surface area contributed by atoms with Gasteiger partial charge >= 0.3 is 94.4 Å². The maximum atomic E-state index is 11.3. The molecule has 9 heteroatoms. The third-order valence-electron chi connectivity index (χ3n) is 3.37. The van der Waals surface area contributed by atoms with Gasteiger partial charge in [-0.05, 0) is 18.9 Å². The molecule has 0 aromatic heterocycles. The molecule has 0 saturated carbocycles. The van der Waals surface area contributed by atoms with E-state index in [2.05, 4.69) is 9.19 Å². The predicted molar refractivity (Wildman–Crippen MR) is 104 cm³/mol. The molecule has 0 aliphatic carbocycles. The van der Waals surface area contributed by atoms with Crippen molar-refractivity contribution in [2.45, 2.75) is 26.7 Å². The van der Waals surface area contributed by atoms with Gasteiger partial charge in [0.1, 0.15) is 0 Å². The summed E-state index contributed by atoms with van der Waals surface area (Å²) in [7, 11) is 0. The van der Waals surface area contributed by atoms with Gasteiger partial charge in [0.05, 0.1) is 6.61 Å². The summed E-state index contributed by atoms with van der Waals surface area (Å²) in [6, 6.07) is 15.6. The molecule has 0 radical (unpaired) electrons. The molecule has 0 aliphatic rings. The van der Waals surface area contributed by atoms with E-state index in [1.54, 1.807) is 6.07 Å². The van der Waals surface area contributed by atoms with Crippen LogP contribution in [0.15, 0.2) is 54.6 Å². The van der Waals surface area contributed by atoms with Gasteiger partial charge in [0.2, 0.25) is 0 Å². The van der Waals surface area contributed by atoms with Crippen LogP contribution < -0.4 is 9.67 Å². The van der Waals surface area contributed by atoms with E-state index in [1.807, 2.05) is 37.3 Å². The zero-order chi connectivity index (χ0) is 21.0. The molecule has 0 aliphatic heterocycles. The molecule has 1 amide bonds. The summed E-state index contributed by atoms with van der Waals surface area (Å²) < 4.78 is 28.8. The summed E-state index contributed by atoms with van der Waals surface area (Å²) in [6.45, 7) is 3.60. The molecular formula is C19H24AsNO7. The first-order valence-electron chi connectivity index (χ1n) is 8.52. The molecule has 0 heterocycles. The number of ether oxygens (including phenoxy) is 1. The van der Waals surface area contributed by atoms with E-state index in [1.165, 1.54) is 30.7 Å². The maximum absolute atomic E-state index is 11.3. The van der Waals surface area contributed by atoms with Crippen molar-refractivity contribution in [2.75, 3.05) is 11.9 Å². The molecule has 28 heavy (non-hydrogen) atoms. The Morgan fingerprint density at radius 2 is 1.79 bits per heavy atom. The second-order valence-corrected chi connectivity index (χ2v) is 9.23. The van der Waals surface area contributed by atoms with Crippen LogP contribution in [0.1, 0.15) is 25.8 Å². The number of nitrogens with one attached hydrogen (secondary N) is 1. The van der Waals surface area contributed by atoms with Gasteiger partial charge in [0.15, 0.2) is 0 Å². The van der Waals surface area contributed by atoms with Gasteiger partial charge in [-0.25, -0.2) is 0 Å². The Kier molecular flexibility index (Phi) is 10.3. The second kappa shape index (κ2) is 12.2. The van der Waals surface area contributed by atoms with Crippen LogP contribution in [0.4, 0.5) is 5.69 Å². The van der Waals surface area contributed by atoms with Crippen LogP contribution >= 0.6 is 0 Å². The van der Waals surface area contributed by atoms with Gasteiger partial charge in [0, 0.05) is 6.42 Å². The van der Waals surface area contributed by atoms with Gasteiger partial charge in [0.25, 0.3) is 0 Å². The number of carbonyl (C=O) groups excluding carboxylic acids is 2. The summed E-state index contributed by atoms with van der Waals surface area (Å²) in [5.41, 5.74) is 1.54. The smallest absolute Gasteiger partial charge is 0.306 e. The first-order valence-corrected chi connectivity index (χ1v) is 11.8. The van der Waals surface area contributed by atoms with Crippen LogP contribution in [-0.2, 0) is 28.4 Å². The number of benzene rings is 2. The maximum Gasteiger partial charge on any atom is 0.306 e. The number of esters is 1. The zero-order valence-electron chi connectivity index (χ0n) is 15.7. The van der Waals surface area contributed by atoms with Crippen molar-refractivity contribution in [3.8, 4) is 0 Å². The van der Waals surface area contributed by atoms with Crippen molar-refractivity contribution >= 4 is 36.1 Å². The summed E-state index contributed by atoms with van der Waals surface area (Å²) >= 11 is -4.83. The third-order valence-corrected chi connectivity index (χ3v) is 5.79. The second-order valence-electron chi connectivity index (χ2n) is 5.62. The number of anilines is 1. The van der Waals surface area contributed by atoms with Crippen LogP contribution in [0, 0.1) is 0 Å². The summed E-state index contributed by atoms with van der Waals surface area (Å²) in [5.74, 6) is -0.413. The number of hydrogen-bond acceptors (Lipinski definition) is 6. The molecule has 1 atom stereocenters. The van der Waals surface area contributed by atoms with Gasteiger partial charge in [-0.1, -0.05) is 30.3 Å². The molecule has 2 aromatic carbocycles. The number of amides is 1. The quantitative estimate of drug-likeness (QED) is 0.253. The van der Waals surface area contributed by atoms with Crippen molar-refractivity contribution in [3.63, 3.8) is 0 Å². The monoisotopic (exact) mass is 453 g/mol. The first-order chi connectivity index (χ1) is 13.3. The Morgan fingerprint density at radius 1 is 1.11 bits per heavy atom. The standard InChI is InChI=1S/C11H14O2.C8H10AsNO5/c1-2-13-11(12)9-8-10-6-4-3-5-7-10;1-6(11)10-8-4-2-3-7(5-8)9(12,13)15-14/h3-7H,2,8-9H2,1H3;2-5,14H,1H3,(H,10,11)(H,12,13). The van der Waals surface area contributed by atoms with Gasteiger partial charge in [-0.3, -0.25) is 4.79 Å². The van der Waals surface area contributed by atoms with Crippen LogP contribution in [0.3, 0.4) is 0 Å². The molecule has 2 rings (SSSR count). The molecule has 1 unspecified atom stereocenters. The zero-order valence-corrected chi connectivity index (χ0v) is 17.6. The molecular weight excluding hydrogens is 429 g/mol. The van der Waals surface area contributed by atoms with Crippen molar-refractivity contribution < 1.29 is 31.3 Å². The van der Waals surface area contributed by atoms with Crippen molar-refractivity contribution in [3.05, 3.63) is 60.2 Å². The van der Waals surface area contributed by atoms with E-state index in [-0.39, 0.29) is 16.2 Å². The van der Waals surface area contributed by atoms with Crippen LogP contribution in [0.25, 0.3) is 0 Å². The van der Waals surface area contributed by atoms with Crippen molar-refractivity contribution in [2.24, 2.45) is 0 Å². The molecule has 0 saturated heterocycles. The average Bonchev–Trinajstić information content (AvgIpc) is 2.68. The number of hydrogen-bond donors (Lipinski definition) is 3. The SMILES string of the molecule is CC(=O)Nc1cccc([As](=O)(O)OO)c1.CCOC(=O)CCc1ccccc1. The van der Waals surface area contributed by atoms with Gasteiger partial charge in [-0.15, -0.1) is 0 Å². The number of aryl methyl sites for hydroxylation is 1. The predicted octanol–water partition coefficient (Wildman–Crippen LogP) is 1.89. The Balaban J connectivity index is 0.000000283. The fourth-order valence-electron chi connectivity index (χ4n) is 2.13. The van der Waals surface area contributed by atoms with Crippen LogP contribution in [0.2, 0.25) is 0 Å². The van der Waals surface area contributed by atoms with Crippen molar-refractivity contribution in [1.29, 1.82) is 0 Å². The van der Waals surface area contributed by atoms with Crippen molar-refractivity contribution in [1.82, 2.24) is 0 Å². The summed E-state index contributed by atoms with van der Waals surface area (Å²) in [5, 5.41) is 10.7. The Labute approximate surface area is 166 Å². The van der Waals surface area contributed by atoms with E-state index >= 15 is 0 Å². The number of carbonyl (C=O) groups is 2. The molecule has 0 bridgehead atoms. The normalized spacial score (nSPS) is 12.1. The molecule has 0 fully saturated rings. The molecule has 0 spiro atoms. The Morgan fingerprint density at radius 3 is 2.36 bits per heavy atom. The van der Waals surface area contributed by atoms with E-state index in [0.29, 0.717) is 18.7 Å². The Bertz CT molecular complexity index is 811. The topological polar surface area (TPSA) is 122 Å². The fourth-order valence-corrected chi connectivity index (χ4v) is 3.54. The van der Waals surface area contributed by atoms with E-state index in [0.717, 1.165) is 6.42 Å². The molecule has 8 nitrogen and oxygen atoms in total. The fraction of sp³-hybridized carbons (Fsp3) is 0.263. The van der Waals surface area contributed by atoms with Gasteiger partial charge < -0.3 is 4.74 Å². The van der Waals surface area contributed by atoms with Gasteiger partial charge in [-0.2, -0.15) is 0 Å². The average molecular weight is 453 g/mol. The number of rotatable bonds is 7. The molecule has 152 valence electrons. The van der Waals surface area contributed by atoms with E-state index in [4.69, 9.17) is 9.99 Å². The van der Waals surface area contributed by atoms with E-state index in [9.17, 15) is 17.4 Å². The Hall–Kier alpha value is -2.38. The molecule has 2 aromatic rings. The van der Waals surface area contributed by atoms with Crippen LogP contribution in [-0.4, -0.2) is 42.0 Å². The third kappa shape index (κ3) is 9.01. The first kappa shape index (κ1) is 23.7. The van der Waals surface area contributed by atoms with Crippen LogP contribution in [0.5, 0.6) is 0 Å². The summed E-state index contributed by atoms with van der Waals surface area (Å²) in [6.07, 6.45) is 1.23. The molecule has 3 N–H and O–H groups in total. The minimum absolute atomic E-state index is 0.0399. The largest absolute Gasteiger partial charge is 0.466 e. The van der Waals surface area contributed by atoms with E-state index < -0.39 is 14.2 Å².